The van der Waals surface area contributed by atoms with E-state index >= 15 is 0 Å². The van der Waals surface area contributed by atoms with Gasteiger partial charge in [-0.05, 0) is 41.7 Å². The summed E-state index contributed by atoms with van der Waals surface area (Å²) in [6, 6.07) is 0. The topological polar surface area (TPSA) is 69.8 Å². The first-order valence-corrected chi connectivity index (χ1v) is 7.26. The highest BCUT2D eigenvalue weighted by Crippen LogP contribution is 2.42. The van der Waals surface area contributed by atoms with Crippen LogP contribution in [-0.2, 0) is 0 Å². The number of H-pyrrole nitrogens is 1. The first-order chi connectivity index (χ1) is 8.74. The lowest BCUT2D eigenvalue weighted by molar-refractivity contribution is 0.0948. The van der Waals surface area contributed by atoms with Crippen molar-refractivity contribution in [3.63, 3.8) is 0 Å². The summed E-state index contributed by atoms with van der Waals surface area (Å²) in [4.78, 5) is 11.9. The summed E-state index contributed by atoms with van der Waals surface area (Å²) < 4.78 is 0.823. The number of nitrogens with one attached hydrogen (secondary N) is 3. The molecule has 0 radical (unpaired) electrons. The molecular formula is C12H19BrN4O. The summed E-state index contributed by atoms with van der Waals surface area (Å²) in [6.07, 6.45) is 3.47. The molecule has 18 heavy (non-hydrogen) atoms. The molecule has 1 amide bonds. The van der Waals surface area contributed by atoms with Crippen molar-refractivity contribution < 1.29 is 4.79 Å². The van der Waals surface area contributed by atoms with E-state index in [0.29, 0.717) is 18.2 Å². The van der Waals surface area contributed by atoms with Gasteiger partial charge in [0.25, 0.3) is 5.91 Å². The number of aromatic amines is 1. The Morgan fingerprint density at radius 3 is 2.89 bits per heavy atom. The zero-order valence-electron chi connectivity index (χ0n) is 10.6. The minimum absolute atomic E-state index is 0.122. The SMILES string of the molecule is CCCNCCNC(=O)c1n[nH]c(C2CC2)c1Br. The highest BCUT2D eigenvalue weighted by molar-refractivity contribution is 9.10. The lowest BCUT2D eigenvalue weighted by atomic mass is 10.2. The number of hydrogen-bond donors (Lipinski definition) is 3. The van der Waals surface area contributed by atoms with Crippen LogP contribution in [0.3, 0.4) is 0 Å². The maximum absolute atomic E-state index is 11.9. The van der Waals surface area contributed by atoms with Crippen LogP contribution < -0.4 is 10.6 Å². The molecule has 0 saturated heterocycles. The van der Waals surface area contributed by atoms with Crippen LogP contribution in [-0.4, -0.2) is 35.7 Å². The lowest BCUT2D eigenvalue weighted by Gasteiger charge is -2.04. The van der Waals surface area contributed by atoms with E-state index in [4.69, 9.17) is 0 Å². The Labute approximate surface area is 115 Å². The van der Waals surface area contributed by atoms with Gasteiger partial charge in [0, 0.05) is 19.0 Å². The Bertz CT molecular complexity index is 414. The number of aromatic nitrogens is 2. The lowest BCUT2D eigenvalue weighted by Crippen LogP contribution is -2.32. The molecular weight excluding hydrogens is 296 g/mol. The van der Waals surface area contributed by atoms with E-state index in [1.54, 1.807) is 0 Å². The monoisotopic (exact) mass is 314 g/mol. The molecule has 100 valence electrons. The van der Waals surface area contributed by atoms with Gasteiger partial charge in [0.1, 0.15) is 0 Å². The molecule has 0 aromatic carbocycles. The van der Waals surface area contributed by atoms with Crippen molar-refractivity contribution in [2.75, 3.05) is 19.6 Å². The second-order valence-corrected chi connectivity index (χ2v) is 5.37. The predicted octanol–water partition coefficient (Wildman–Crippen LogP) is 1.78. The molecule has 1 heterocycles. The van der Waals surface area contributed by atoms with Crippen LogP contribution >= 0.6 is 15.9 Å². The van der Waals surface area contributed by atoms with Crippen LogP contribution in [0.25, 0.3) is 0 Å². The molecule has 0 unspecified atom stereocenters. The van der Waals surface area contributed by atoms with E-state index in [2.05, 4.69) is 43.7 Å². The molecule has 5 nitrogen and oxygen atoms in total. The summed E-state index contributed by atoms with van der Waals surface area (Å²) in [5, 5.41) is 13.1. The maximum atomic E-state index is 11.9. The van der Waals surface area contributed by atoms with Gasteiger partial charge >= 0.3 is 0 Å². The molecule has 0 spiro atoms. The largest absolute Gasteiger partial charge is 0.349 e. The Balaban J connectivity index is 1.81. The van der Waals surface area contributed by atoms with Crippen LogP contribution in [0.5, 0.6) is 0 Å². The molecule has 1 fully saturated rings. The van der Waals surface area contributed by atoms with Gasteiger partial charge in [0.2, 0.25) is 0 Å². The first kappa shape index (κ1) is 13.5. The molecule has 1 aromatic heterocycles. The van der Waals surface area contributed by atoms with E-state index in [-0.39, 0.29) is 5.91 Å². The van der Waals surface area contributed by atoms with E-state index in [1.165, 1.54) is 12.8 Å². The second-order valence-electron chi connectivity index (χ2n) is 4.58. The summed E-state index contributed by atoms with van der Waals surface area (Å²) >= 11 is 3.46. The number of rotatable bonds is 7. The van der Waals surface area contributed by atoms with Gasteiger partial charge in [-0.2, -0.15) is 5.10 Å². The fourth-order valence-electron chi connectivity index (χ4n) is 1.78. The van der Waals surface area contributed by atoms with Gasteiger partial charge in [0.05, 0.1) is 10.2 Å². The van der Waals surface area contributed by atoms with Gasteiger partial charge in [-0.25, -0.2) is 0 Å². The van der Waals surface area contributed by atoms with Crippen LogP contribution in [0.4, 0.5) is 0 Å². The van der Waals surface area contributed by atoms with Crippen molar-refractivity contribution in [1.82, 2.24) is 20.8 Å². The average Bonchev–Trinajstić information content (AvgIpc) is 3.12. The van der Waals surface area contributed by atoms with Crippen molar-refractivity contribution >= 4 is 21.8 Å². The fourth-order valence-corrected chi connectivity index (χ4v) is 2.47. The van der Waals surface area contributed by atoms with Crippen LogP contribution in [0.2, 0.25) is 0 Å². The van der Waals surface area contributed by atoms with E-state index in [1.807, 2.05) is 0 Å². The van der Waals surface area contributed by atoms with Crippen molar-refractivity contribution in [1.29, 1.82) is 0 Å². The number of carbonyl (C=O) groups is 1. The maximum Gasteiger partial charge on any atom is 0.273 e. The smallest absolute Gasteiger partial charge is 0.273 e. The van der Waals surface area contributed by atoms with Crippen molar-refractivity contribution in [3.8, 4) is 0 Å². The highest BCUT2D eigenvalue weighted by atomic mass is 79.9. The first-order valence-electron chi connectivity index (χ1n) is 6.46. The van der Waals surface area contributed by atoms with E-state index < -0.39 is 0 Å². The second kappa shape index (κ2) is 6.33. The Morgan fingerprint density at radius 2 is 2.22 bits per heavy atom. The van der Waals surface area contributed by atoms with Crippen LogP contribution in [0.15, 0.2) is 4.47 Å². The van der Waals surface area contributed by atoms with E-state index in [9.17, 15) is 4.79 Å². The number of nitrogens with zero attached hydrogens (tertiary/aromatic N) is 1. The average molecular weight is 315 g/mol. The standard InChI is InChI=1S/C12H19BrN4O/c1-2-5-14-6-7-15-12(18)11-9(13)10(16-17-11)8-3-4-8/h8,14H,2-7H2,1H3,(H,15,18)(H,16,17). The van der Waals surface area contributed by atoms with Crippen molar-refractivity contribution in [2.45, 2.75) is 32.1 Å². The molecule has 2 rings (SSSR count). The Hall–Kier alpha value is -0.880. The van der Waals surface area contributed by atoms with Crippen molar-refractivity contribution in [2.24, 2.45) is 0 Å². The van der Waals surface area contributed by atoms with Crippen molar-refractivity contribution in [3.05, 3.63) is 15.9 Å². The fraction of sp³-hybridized carbons (Fsp3) is 0.667. The summed E-state index contributed by atoms with van der Waals surface area (Å²) in [5.41, 5.74) is 1.52. The summed E-state index contributed by atoms with van der Waals surface area (Å²) in [5.74, 6) is 0.433. The third kappa shape index (κ3) is 3.32. The van der Waals surface area contributed by atoms with Crippen LogP contribution in [0.1, 0.15) is 48.3 Å². The molecule has 1 aromatic rings. The number of halogens is 1. The Kier molecular flexibility index (Phi) is 4.77. The zero-order chi connectivity index (χ0) is 13.0. The summed E-state index contributed by atoms with van der Waals surface area (Å²) in [7, 11) is 0. The number of amides is 1. The minimum Gasteiger partial charge on any atom is -0.349 e. The predicted molar refractivity (Wildman–Crippen MR) is 73.8 cm³/mol. The van der Waals surface area contributed by atoms with Gasteiger partial charge < -0.3 is 10.6 Å². The molecule has 1 saturated carbocycles. The molecule has 0 aliphatic heterocycles. The highest BCUT2D eigenvalue weighted by Gasteiger charge is 2.30. The van der Waals surface area contributed by atoms with Gasteiger partial charge in [-0.1, -0.05) is 6.92 Å². The molecule has 1 aliphatic carbocycles. The summed E-state index contributed by atoms with van der Waals surface area (Å²) in [6.45, 7) is 4.51. The minimum atomic E-state index is -0.122. The molecule has 3 N–H and O–H groups in total. The van der Waals surface area contributed by atoms with Gasteiger partial charge in [-0.15, -0.1) is 0 Å². The van der Waals surface area contributed by atoms with Crippen LogP contribution in [0, 0.1) is 0 Å². The number of carbonyl (C=O) groups excluding carboxylic acids is 1. The molecule has 6 heteroatoms. The Morgan fingerprint density at radius 1 is 1.44 bits per heavy atom. The normalized spacial score (nSPS) is 14.8. The zero-order valence-corrected chi connectivity index (χ0v) is 12.1. The molecule has 0 bridgehead atoms. The quantitative estimate of drug-likeness (QED) is 0.672. The van der Waals surface area contributed by atoms with Gasteiger partial charge in [0.15, 0.2) is 5.69 Å². The number of hydrogen-bond acceptors (Lipinski definition) is 3. The third-order valence-electron chi connectivity index (χ3n) is 2.95. The van der Waals surface area contributed by atoms with Gasteiger partial charge in [-0.3, -0.25) is 9.89 Å². The molecule has 1 aliphatic rings. The molecule has 0 atom stereocenters. The third-order valence-corrected chi connectivity index (χ3v) is 3.75. The van der Waals surface area contributed by atoms with E-state index in [0.717, 1.165) is 29.7 Å².